The van der Waals surface area contributed by atoms with Gasteiger partial charge in [0.25, 0.3) is 0 Å². The molecule has 0 saturated carbocycles. The second-order valence-corrected chi connectivity index (χ2v) is 7.02. The maximum absolute atomic E-state index is 12.1. The molecule has 0 radical (unpaired) electrons. The van der Waals surface area contributed by atoms with E-state index in [-0.39, 0.29) is 5.91 Å². The van der Waals surface area contributed by atoms with E-state index in [1.165, 1.54) is 4.88 Å². The summed E-state index contributed by atoms with van der Waals surface area (Å²) in [5.41, 5.74) is 0. The van der Waals surface area contributed by atoms with Crippen molar-refractivity contribution >= 4 is 17.2 Å². The first-order valence-electron chi connectivity index (χ1n) is 8.22. The Balaban J connectivity index is 1.40. The molecule has 0 aliphatic carbocycles. The topological polar surface area (TPSA) is 74.5 Å². The molecule has 8 heteroatoms. The van der Waals surface area contributed by atoms with Gasteiger partial charge >= 0.3 is 0 Å². The lowest BCUT2D eigenvalue weighted by molar-refractivity contribution is -0.122. The molecular weight excluding hydrogens is 326 g/mol. The van der Waals surface area contributed by atoms with Crippen molar-refractivity contribution in [3.63, 3.8) is 0 Å². The third-order valence-electron chi connectivity index (χ3n) is 4.02. The second kappa shape index (κ2) is 8.36. The zero-order chi connectivity index (χ0) is 16.8. The quantitative estimate of drug-likeness (QED) is 0.846. The van der Waals surface area contributed by atoms with Crippen molar-refractivity contribution in [1.82, 2.24) is 25.3 Å². The Labute approximate surface area is 145 Å². The predicted molar refractivity (Wildman–Crippen MR) is 91.5 cm³/mol. The maximum Gasteiger partial charge on any atom is 0.234 e. The first-order chi connectivity index (χ1) is 11.7. The Morgan fingerprint density at radius 1 is 1.33 bits per heavy atom. The van der Waals surface area contributed by atoms with Crippen LogP contribution < -0.4 is 5.32 Å². The van der Waals surface area contributed by atoms with Gasteiger partial charge in [-0.25, -0.2) is 0 Å². The van der Waals surface area contributed by atoms with E-state index in [1.54, 1.807) is 18.3 Å². The number of carbonyl (C=O) groups is 1. The summed E-state index contributed by atoms with van der Waals surface area (Å²) >= 11 is 1.66. The van der Waals surface area contributed by atoms with Gasteiger partial charge in [0.05, 0.1) is 19.6 Å². The lowest BCUT2D eigenvalue weighted by Gasteiger charge is -2.20. The molecule has 130 valence electrons. The number of amides is 1. The lowest BCUT2D eigenvalue weighted by atomic mass is 10.3. The molecule has 0 atom stereocenters. The Hall–Kier alpha value is -1.77. The van der Waals surface area contributed by atoms with E-state index in [2.05, 4.69) is 25.3 Å². The van der Waals surface area contributed by atoms with E-state index in [9.17, 15) is 4.79 Å². The van der Waals surface area contributed by atoms with Gasteiger partial charge < -0.3 is 9.84 Å². The third kappa shape index (κ3) is 5.12. The number of hydrogen-bond donors (Lipinski definition) is 1. The van der Waals surface area contributed by atoms with E-state index in [1.807, 2.05) is 17.5 Å². The highest BCUT2D eigenvalue weighted by Crippen LogP contribution is 2.09. The van der Waals surface area contributed by atoms with E-state index in [4.69, 9.17) is 4.52 Å². The van der Waals surface area contributed by atoms with Gasteiger partial charge in [-0.3, -0.25) is 14.6 Å². The van der Waals surface area contributed by atoms with Gasteiger partial charge in [0.1, 0.15) is 0 Å². The molecule has 1 fully saturated rings. The third-order valence-corrected chi connectivity index (χ3v) is 4.90. The molecule has 1 saturated heterocycles. The van der Waals surface area contributed by atoms with Crippen LogP contribution in [0.3, 0.4) is 0 Å². The molecule has 0 unspecified atom stereocenters. The monoisotopic (exact) mass is 349 g/mol. The maximum atomic E-state index is 12.1. The Morgan fingerprint density at radius 2 is 2.17 bits per heavy atom. The summed E-state index contributed by atoms with van der Waals surface area (Å²) in [7, 11) is 0. The molecule has 1 N–H and O–H groups in total. The number of nitrogens with zero attached hydrogens (tertiary/aromatic N) is 4. The summed E-state index contributed by atoms with van der Waals surface area (Å²) in [6.45, 7) is 7.30. The fraction of sp³-hybridized carbons (Fsp3) is 0.562. The second-order valence-electron chi connectivity index (χ2n) is 5.99. The molecule has 0 bridgehead atoms. The van der Waals surface area contributed by atoms with Gasteiger partial charge in [0.15, 0.2) is 5.82 Å². The van der Waals surface area contributed by atoms with Crippen LogP contribution >= 0.6 is 11.3 Å². The molecule has 1 aliphatic rings. The number of aromatic nitrogens is 2. The van der Waals surface area contributed by atoms with Crippen molar-refractivity contribution in [3.8, 4) is 0 Å². The fourth-order valence-electron chi connectivity index (χ4n) is 2.80. The minimum atomic E-state index is 0.0886. The highest BCUT2D eigenvalue weighted by molar-refractivity contribution is 7.09. The zero-order valence-corrected chi connectivity index (χ0v) is 14.7. The van der Waals surface area contributed by atoms with E-state index in [0.29, 0.717) is 25.5 Å². The van der Waals surface area contributed by atoms with Crippen molar-refractivity contribution in [1.29, 1.82) is 0 Å². The van der Waals surface area contributed by atoms with Crippen LogP contribution in [0.2, 0.25) is 0 Å². The number of hydrogen-bond acceptors (Lipinski definition) is 7. The largest absolute Gasteiger partial charge is 0.350 e. The highest BCUT2D eigenvalue weighted by Gasteiger charge is 2.18. The van der Waals surface area contributed by atoms with Crippen LogP contribution in [-0.4, -0.2) is 58.6 Å². The summed E-state index contributed by atoms with van der Waals surface area (Å²) in [5, 5.41) is 8.97. The minimum Gasteiger partial charge on any atom is -0.350 e. The van der Waals surface area contributed by atoms with Crippen molar-refractivity contribution in [3.05, 3.63) is 34.1 Å². The van der Waals surface area contributed by atoms with Crippen LogP contribution in [0.4, 0.5) is 0 Å². The van der Waals surface area contributed by atoms with Crippen molar-refractivity contribution in [2.75, 3.05) is 32.7 Å². The van der Waals surface area contributed by atoms with Crippen LogP contribution in [0, 0.1) is 6.92 Å². The highest BCUT2D eigenvalue weighted by atomic mass is 32.1. The summed E-state index contributed by atoms with van der Waals surface area (Å²) < 4.78 is 5.02. The van der Waals surface area contributed by atoms with E-state index in [0.717, 1.165) is 38.4 Å². The molecule has 3 heterocycles. The molecule has 3 rings (SSSR count). The standard InChI is InChI=1S/C16H23N5O2S/c1-13-18-15(19-23-13)11-20-5-3-6-21(8-7-20)12-16(22)17-10-14-4-2-9-24-14/h2,4,9H,3,5-8,10-12H2,1H3,(H,17,22). The number of rotatable bonds is 6. The van der Waals surface area contributed by atoms with Crippen LogP contribution in [0.1, 0.15) is 23.0 Å². The molecular formula is C16H23N5O2S. The fourth-order valence-corrected chi connectivity index (χ4v) is 3.45. The van der Waals surface area contributed by atoms with Gasteiger partial charge in [0, 0.05) is 24.9 Å². The van der Waals surface area contributed by atoms with Gasteiger partial charge in [-0.15, -0.1) is 11.3 Å². The number of thiophene rings is 1. The Morgan fingerprint density at radius 3 is 2.92 bits per heavy atom. The molecule has 0 spiro atoms. The molecule has 1 aliphatic heterocycles. The first kappa shape index (κ1) is 17.1. The van der Waals surface area contributed by atoms with Gasteiger partial charge in [-0.1, -0.05) is 11.2 Å². The number of aryl methyl sites for hydroxylation is 1. The molecule has 0 aromatic carbocycles. The summed E-state index contributed by atoms with van der Waals surface area (Å²) in [5.74, 6) is 1.42. The normalized spacial score (nSPS) is 16.9. The zero-order valence-electron chi connectivity index (χ0n) is 13.9. The van der Waals surface area contributed by atoms with Gasteiger partial charge in [0.2, 0.25) is 11.8 Å². The van der Waals surface area contributed by atoms with Crippen molar-refractivity contribution in [2.24, 2.45) is 0 Å². The molecule has 7 nitrogen and oxygen atoms in total. The Bertz CT molecular complexity index is 643. The smallest absolute Gasteiger partial charge is 0.234 e. The number of carbonyl (C=O) groups excluding carboxylic acids is 1. The summed E-state index contributed by atoms with van der Waals surface area (Å²) in [6, 6.07) is 4.04. The first-order valence-corrected chi connectivity index (χ1v) is 9.10. The lowest BCUT2D eigenvalue weighted by Crippen LogP contribution is -2.39. The van der Waals surface area contributed by atoms with Crippen LogP contribution in [0.5, 0.6) is 0 Å². The molecule has 2 aromatic heterocycles. The van der Waals surface area contributed by atoms with Gasteiger partial charge in [-0.2, -0.15) is 4.98 Å². The molecule has 24 heavy (non-hydrogen) atoms. The summed E-state index contributed by atoms with van der Waals surface area (Å²) in [6.07, 6.45) is 1.04. The van der Waals surface area contributed by atoms with Crippen LogP contribution in [-0.2, 0) is 17.9 Å². The SMILES string of the molecule is Cc1nc(CN2CCCN(CC(=O)NCc3cccs3)CC2)no1. The van der Waals surface area contributed by atoms with Crippen LogP contribution in [0.15, 0.2) is 22.0 Å². The average Bonchev–Trinajstić information content (AvgIpc) is 3.16. The molecule has 1 amide bonds. The predicted octanol–water partition coefficient (Wildman–Crippen LogP) is 1.26. The minimum absolute atomic E-state index is 0.0886. The van der Waals surface area contributed by atoms with Crippen LogP contribution in [0.25, 0.3) is 0 Å². The average molecular weight is 349 g/mol. The Kier molecular flexibility index (Phi) is 5.95. The molecule has 2 aromatic rings. The summed E-state index contributed by atoms with van der Waals surface area (Å²) in [4.78, 5) is 22.1. The van der Waals surface area contributed by atoms with Crippen molar-refractivity contribution < 1.29 is 9.32 Å². The van der Waals surface area contributed by atoms with E-state index >= 15 is 0 Å². The van der Waals surface area contributed by atoms with Gasteiger partial charge in [-0.05, 0) is 31.0 Å². The van der Waals surface area contributed by atoms with E-state index < -0.39 is 0 Å². The number of nitrogens with one attached hydrogen (secondary N) is 1. The van der Waals surface area contributed by atoms with Crippen molar-refractivity contribution in [2.45, 2.75) is 26.4 Å².